The van der Waals surface area contributed by atoms with Crippen LogP contribution in [0.25, 0.3) is 22.3 Å². The first kappa shape index (κ1) is 45.9. The zero-order valence-corrected chi connectivity index (χ0v) is 37.6. The lowest BCUT2D eigenvalue weighted by Gasteiger charge is -2.35. The monoisotopic (exact) mass is 789 g/mol. The minimum Gasteiger partial charge on any atom is -0.198 e. The summed E-state index contributed by atoms with van der Waals surface area (Å²) in [4.78, 5) is 0. The molecule has 314 valence electrons. The van der Waals surface area contributed by atoms with Crippen molar-refractivity contribution < 1.29 is 0 Å². The average molecular weight is 789 g/mol. The maximum atomic E-state index is 9.88. The highest BCUT2D eigenvalue weighted by atomic mass is 14.4. The fourth-order valence-electron chi connectivity index (χ4n) is 10.00. The Morgan fingerprint density at radius 1 is 0.441 bits per heavy atom. The van der Waals surface area contributed by atoms with Crippen LogP contribution in [0.3, 0.4) is 0 Å². The van der Waals surface area contributed by atoms with E-state index in [1.165, 1.54) is 141 Å². The van der Waals surface area contributed by atoms with Crippen molar-refractivity contribution in [3.05, 3.63) is 119 Å². The van der Waals surface area contributed by atoms with Crippen LogP contribution in [0.2, 0.25) is 0 Å². The maximum Gasteiger partial charge on any atom is 0.0689 e. The van der Waals surface area contributed by atoms with E-state index in [2.05, 4.69) is 137 Å². The first-order valence-electron chi connectivity index (χ1n) is 24.0. The van der Waals surface area contributed by atoms with E-state index >= 15 is 0 Å². The molecule has 0 aliphatic heterocycles. The van der Waals surface area contributed by atoms with Gasteiger partial charge in [0.1, 0.15) is 0 Å². The van der Waals surface area contributed by atoms with Crippen LogP contribution in [-0.4, -0.2) is 0 Å². The van der Waals surface area contributed by atoms with E-state index in [1.54, 1.807) is 0 Å². The van der Waals surface area contributed by atoms with Crippen molar-refractivity contribution in [3.63, 3.8) is 0 Å². The van der Waals surface area contributed by atoms with Gasteiger partial charge < -0.3 is 0 Å². The fourth-order valence-corrected chi connectivity index (χ4v) is 10.00. The van der Waals surface area contributed by atoms with Crippen molar-refractivity contribution in [3.8, 4) is 34.4 Å². The lowest BCUT2D eigenvalue weighted by molar-refractivity contribution is 0.183. The highest BCUT2D eigenvalue weighted by Gasteiger charge is 2.36. The van der Waals surface area contributed by atoms with Gasteiger partial charge in [0.25, 0.3) is 0 Å². The van der Waals surface area contributed by atoms with E-state index in [1.807, 2.05) is 0 Å². The summed E-state index contributed by atoms with van der Waals surface area (Å²) in [6.45, 7) is 9.06. The molecule has 6 rings (SSSR count). The van der Waals surface area contributed by atoms with E-state index in [0.717, 1.165) is 63.2 Å². The maximum absolute atomic E-state index is 9.88. The van der Waals surface area contributed by atoms with Crippen molar-refractivity contribution >= 4 is 0 Å². The molecule has 0 amide bonds. The normalized spacial score (nSPS) is 21.5. The Labute approximate surface area is 360 Å². The predicted molar refractivity (Wildman–Crippen MR) is 252 cm³/mol. The van der Waals surface area contributed by atoms with Crippen molar-refractivity contribution in [1.82, 2.24) is 0 Å². The average Bonchev–Trinajstić information content (AvgIpc) is 3.30. The molecule has 59 heavy (non-hydrogen) atoms. The zero-order chi connectivity index (χ0) is 41.8. The number of hydrogen-bond acceptors (Lipinski definition) is 2. The number of unbranched alkanes of at least 4 members (excludes halogenated alkanes) is 5. The Morgan fingerprint density at radius 2 is 0.763 bits per heavy atom. The summed E-state index contributed by atoms with van der Waals surface area (Å²) in [7, 11) is 0. The van der Waals surface area contributed by atoms with Gasteiger partial charge >= 0.3 is 0 Å². The number of nitriles is 2. The van der Waals surface area contributed by atoms with E-state index in [-0.39, 0.29) is 10.8 Å². The molecule has 2 aliphatic rings. The minimum atomic E-state index is -0.0927. The molecule has 4 aromatic rings. The van der Waals surface area contributed by atoms with Crippen molar-refractivity contribution in [2.45, 2.75) is 175 Å². The van der Waals surface area contributed by atoms with Gasteiger partial charge in [0, 0.05) is 0 Å². The summed E-state index contributed by atoms with van der Waals surface area (Å²) in [5.41, 5.74) is 10.6. The second-order valence-corrected chi connectivity index (χ2v) is 18.6. The van der Waals surface area contributed by atoms with Crippen LogP contribution in [0, 0.1) is 45.3 Å². The third-order valence-corrected chi connectivity index (χ3v) is 14.2. The summed E-state index contributed by atoms with van der Waals surface area (Å²) in [5, 5.41) is 19.7. The first-order valence-corrected chi connectivity index (χ1v) is 24.0. The Morgan fingerprint density at radius 3 is 1.08 bits per heavy atom. The molecule has 2 heteroatoms. The molecule has 2 aliphatic carbocycles. The van der Waals surface area contributed by atoms with Crippen LogP contribution >= 0.6 is 0 Å². The highest BCUT2D eigenvalue weighted by molar-refractivity contribution is 5.65. The van der Waals surface area contributed by atoms with Gasteiger partial charge in [-0.3, -0.25) is 0 Å². The number of hydrogen-bond donors (Lipinski definition) is 0. The molecular formula is C57H76N2. The summed E-state index contributed by atoms with van der Waals surface area (Å²) in [6, 6.07) is 41.7. The summed E-state index contributed by atoms with van der Waals surface area (Å²) in [6.07, 6.45) is 27.5. The molecular weight excluding hydrogens is 713 g/mol. The Balaban J connectivity index is 0.000000224. The van der Waals surface area contributed by atoms with Crippen LogP contribution in [-0.2, 0) is 25.7 Å². The van der Waals surface area contributed by atoms with Gasteiger partial charge in [-0.15, -0.1) is 0 Å². The van der Waals surface area contributed by atoms with E-state index in [9.17, 15) is 10.5 Å². The van der Waals surface area contributed by atoms with Crippen LogP contribution in [0.4, 0.5) is 0 Å². The van der Waals surface area contributed by atoms with Gasteiger partial charge in [0.05, 0.1) is 23.0 Å². The highest BCUT2D eigenvalue weighted by Crippen LogP contribution is 2.44. The van der Waals surface area contributed by atoms with Gasteiger partial charge in [-0.2, -0.15) is 10.5 Å². The van der Waals surface area contributed by atoms with Gasteiger partial charge in [-0.05, 0) is 133 Å². The number of rotatable bonds is 19. The van der Waals surface area contributed by atoms with E-state index in [0.29, 0.717) is 0 Å². The number of nitrogens with zero attached hydrogens (tertiary/aromatic N) is 2. The van der Waals surface area contributed by atoms with Gasteiger partial charge in [-0.25, -0.2) is 0 Å². The fraction of sp³-hybridized carbons (Fsp3) is 0.544. The van der Waals surface area contributed by atoms with E-state index in [4.69, 9.17) is 0 Å². The van der Waals surface area contributed by atoms with Gasteiger partial charge in [0.2, 0.25) is 0 Å². The van der Waals surface area contributed by atoms with Gasteiger partial charge in [0.15, 0.2) is 0 Å². The molecule has 4 unspecified atom stereocenters. The Bertz CT molecular complexity index is 1860. The van der Waals surface area contributed by atoms with Crippen LogP contribution in [0.15, 0.2) is 97.1 Å². The molecule has 0 radical (unpaired) electrons. The zero-order valence-electron chi connectivity index (χ0n) is 37.6. The largest absolute Gasteiger partial charge is 0.198 e. The Kier molecular flexibility index (Phi) is 18.8. The number of aryl methyl sites for hydroxylation is 4. The molecule has 2 nitrogen and oxygen atoms in total. The van der Waals surface area contributed by atoms with E-state index < -0.39 is 0 Å². The van der Waals surface area contributed by atoms with Crippen LogP contribution in [0.1, 0.15) is 172 Å². The molecule has 0 saturated heterocycles. The van der Waals surface area contributed by atoms with Crippen molar-refractivity contribution in [2.75, 3.05) is 0 Å². The van der Waals surface area contributed by atoms with Crippen molar-refractivity contribution in [1.29, 1.82) is 10.5 Å². The first-order chi connectivity index (χ1) is 28.9. The quantitative estimate of drug-likeness (QED) is 0.0889. The second kappa shape index (κ2) is 24.2. The van der Waals surface area contributed by atoms with Gasteiger partial charge in [-0.1, -0.05) is 195 Å². The van der Waals surface area contributed by atoms with Crippen molar-refractivity contribution in [2.24, 2.45) is 22.7 Å². The summed E-state index contributed by atoms with van der Waals surface area (Å²) in [5.74, 6) is 1.49. The van der Waals surface area contributed by atoms with Crippen LogP contribution in [0.5, 0.6) is 0 Å². The molecule has 2 fully saturated rings. The molecule has 0 aromatic heterocycles. The molecule has 4 atom stereocenters. The topological polar surface area (TPSA) is 47.6 Å². The smallest absolute Gasteiger partial charge is 0.0689 e. The summed E-state index contributed by atoms with van der Waals surface area (Å²) < 4.78 is 0. The predicted octanol–water partition coefficient (Wildman–Crippen LogP) is 16.6. The lowest BCUT2D eigenvalue weighted by atomic mass is 9.67. The molecule has 0 heterocycles. The van der Waals surface area contributed by atoms with Crippen LogP contribution < -0.4 is 0 Å². The molecule has 0 bridgehead atoms. The summed E-state index contributed by atoms with van der Waals surface area (Å²) >= 11 is 0. The third-order valence-electron chi connectivity index (χ3n) is 14.2. The SMILES string of the molecule is CCCCCCc1ccc(-c2ccc(CCC3(C#N)CCCC(CC)C3)cc2)cc1.CCCCCc1ccc(-c2ccc(CCC3(C#N)CCCC(CC)C3)cc2)cc1. The molecule has 4 aromatic carbocycles. The molecule has 2 saturated carbocycles. The Hall–Kier alpha value is -4.14. The molecule has 0 spiro atoms. The third kappa shape index (κ3) is 14.2. The number of benzene rings is 4. The lowest BCUT2D eigenvalue weighted by Crippen LogP contribution is -2.27. The standard InChI is InChI=1S/C29H39N.C28H37N/c1-3-5-6-7-9-25-11-15-27(16-12-25)28-17-13-26(14-18-28)19-21-29(23-30)20-8-10-24(4-2)22-29;1-3-5-6-8-24-10-14-26(15-11-24)27-16-12-25(13-17-27)18-20-28(22-29)19-7-9-23(4-2)21-28/h11-18,24H,3-10,19-22H2,1-2H3;10-17,23H,3-9,18-21H2,1-2H3. The second-order valence-electron chi connectivity index (χ2n) is 18.6. The minimum absolute atomic E-state index is 0.0921. The molecule has 0 N–H and O–H groups in total.